The normalized spacial score (nSPS) is 15.3. The van der Waals surface area contributed by atoms with Crippen LogP contribution in [0.2, 0.25) is 5.02 Å². The third-order valence-corrected chi connectivity index (χ3v) is 6.13. The first-order chi connectivity index (χ1) is 15.0. The zero-order chi connectivity index (χ0) is 21.8. The zero-order valence-corrected chi connectivity index (χ0v) is 18.6. The number of fused-ring (bicyclic) bond motifs is 1. The second kappa shape index (κ2) is 9.58. The van der Waals surface area contributed by atoms with Gasteiger partial charge in [0.2, 0.25) is 5.91 Å². The molecule has 0 bridgehead atoms. The van der Waals surface area contributed by atoms with E-state index in [9.17, 15) is 9.59 Å². The Morgan fingerprint density at radius 3 is 2.84 bits per heavy atom. The van der Waals surface area contributed by atoms with Crippen molar-refractivity contribution in [1.82, 2.24) is 9.97 Å². The SMILES string of the molecule is CCCOc1ccccc1C1CC(=O)Nc2nc(SCc3cccc(Cl)c3)[nH]c(=O)c21. The number of carbonyl (C=O) groups is 1. The van der Waals surface area contributed by atoms with Gasteiger partial charge < -0.3 is 15.0 Å². The molecular weight excluding hydrogens is 434 g/mol. The molecule has 8 heteroatoms. The molecule has 2 aromatic carbocycles. The van der Waals surface area contributed by atoms with Gasteiger partial charge in [-0.15, -0.1) is 0 Å². The Bertz CT molecular complexity index is 1160. The largest absolute Gasteiger partial charge is 0.493 e. The van der Waals surface area contributed by atoms with E-state index in [1.807, 2.05) is 55.5 Å². The Kier molecular flexibility index (Phi) is 6.63. The lowest BCUT2D eigenvalue weighted by Crippen LogP contribution is -2.31. The highest BCUT2D eigenvalue weighted by Gasteiger charge is 2.32. The van der Waals surface area contributed by atoms with Gasteiger partial charge in [0.05, 0.1) is 12.2 Å². The number of benzene rings is 2. The van der Waals surface area contributed by atoms with Crippen LogP contribution in [0.15, 0.2) is 58.5 Å². The lowest BCUT2D eigenvalue weighted by Gasteiger charge is -2.26. The summed E-state index contributed by atoms with van der Waals surface area (Å²) in [5, 5.41) is 3.87. The number of para-hydroxylation sites is 1. The maximum absolute atomic E-state index is 13.0. The number of thioether (sulfide) groups is 1. The van der Waals surface area contributed by atoms with Gasteiger partial charge in [-0.05, 0) is 30.2 Å². The highest BCUT2D eigenvalue weighted by Crippen LogP contribution is 2.38. The molecule has 1 atom stereocenters. The van der Waals surface area contributed by atoms with Crippen LogP contribution in [0.5, 0.6) is 5.75 Å². The Labute approximate surface area is 189 Å². The van der Waals surface area contributed by atoms with Crippen LogP contribution in [0.4, 0.5) is 5.82 Å². The number of ether oxygens (including phenoxy) is 1. The third kappa shape index (κ3) is 4.94. The van der Waals surface area contributed by atoms with Gasteiger partial charge in [0.25, 0.3) is 5.56 Å². The summed E-state index contributed by atoms with van der Waals surface area (Å²) in [7, 11) is 0. The van der Waals surface area contributed by atoms with Gasteiger partial charge in [-0.25, -0.2) is 4.98 Å². The lowest BCUT2D eigenvalue weighted by molar-refractivity contribution is -0.116. The summed E-state index contributed by atoms with van der Waals surface area (Å²) in [6, 6.07) is 15.1. The molecule has 2 N–H and O–H groups in total. The van der Waals surface area contributed by atoms with E-state index in [0.29, 0.717) is 39.7 Å². The monoisotopic (exact) mass is 455 g/mol. The molecule has 1 aliphatic heterocycles. The fourth-order valence-electron chi connectivity index (χ4n) is 3.57. The highest BCUT2D eigenvalue weighted by atomic mass is 35.5. The van der Waals surface area contributed by atoms with Crippen LogP contribution in [-0.2, 0) is 10.5 Å². The predicted molar refractivity (Wildman–Crippen MR) is 123 cm³/mol. The van der Waals surface area contributed by atoms with Crippen LogP contribution < -0.4 is 15.6 Å². The maximum atomic E-state index is 13.0. The smallest absolute Gasteiger partial charge is 0.257 e. The Morgan fingerprint density at radius 1 is 1.19 bits per heavy atom. The summed E-state index contributed by atoms with van der Waals surface area (Å²) < 4.78 is 5.87. The van der Waals surface area contributed by atoms with Gasteiger partial charge in [0.15, 0.2) is 5.16 Å². The van der Waals surface area contributed by atoms with E-state index in [4.69, 9.17) is 16.3 Å². The van der Waals surface area contributed by atoms with Crippen LogP contribution in [0, 0.1) is 0 Å². The van der Waals surface area contributed by atoms with Gasteiger partial charge >= 0.3 is 0 Å². The molecule has 0 fully saturated rings. The number of aromatic amines is 1. The topological polar surface area (TPSA) is 84.1 Å². The van der Waals surface area contributed by atoms with E-state index < -0.39 is 5.92 Å². The van der Waals surface area contributed by atoms with Crippen LogP contribution in [-0.4, -0.2) is 22.5 Å². The number of nitrogens with one attached hydrogen (secondary N) is 2. The molecule has 2 heterocycles. The van der Waals surface area contributed by atoms with Crippen LogP contribution in [0.1, 0.15) is 42.4 Å². The van der Waals surface area contributed by atoms with E-state index in [1.165, 1.54) is 11.8 Å². The van der Waals surface area contributed by atoms with Crippen molar-refractivity contribution in [1.29, 1.82) is 0 Å². The average molecular weight is 456 g/mol. The fourth-order valence-corrected chi connectivity index (χ4v) is 4.59. The maximum Gasteiger partial charge on any atom is 0.257 e. The minimum absolute atomic E-state index is 0.166. The minimum Gasteiger partial charge on any atom is -0.493 e. The summed E-state index contributed by atoms with van der Waals surface area (Å²) in [6.45, 7) is 2.60. The second-order valence-corrected chi connectivity index (χ2v) is 8.64. The van der Waals surface area contributed by atoms with Gasteiger partial charge in [-0.1, -0.05) is 60.6 Å². The minimum atomic E-state index is -0.417. The number of aromatic nitrogens is 2. The third-order valence-electron chi connectivity index (χ3n) is 4.95. The molecule has 1 unspecified atom stereocenters. The molecule has 0 radical (unpaired) electrons. The molecule has 1 amide bonds. The van der Waals surface area contributed by atoms with Crippen molar-refractivity contribution in [2.45, 2.75) is 36.6 Å². The number of amides is 1. The van der Waals surface area contributed by atoms with E-state index in [1.54, 1.807) is 0 Å². The van der Waals surface area contributed by atoms with Gasteiger partial charge in [0, 0.05) is 28.7 Å². The molecule has 160 valence electrons. The molecule has 1 aliphatic rings. The molecule has 4 rings (SSSR count). The van der Waals surface area contributed by atoms with Crippen molar-refractivity contribution in [3.8, 4) is 5.75 Å². The number of anilines is 1. The molecule has 31 heavy (non-hydrogen) atoms. The Hall–Kier alpha value is -2.77. The molecule has 1 aromatic heterocycles. The number of halogens is 1. The highest BCUT2D eigenvalue weighted by molar-refractivity contribution is 7.98. The van der Waals surface area contributed by atoms with E-state index in [-0.39, 0.29) is 17.9 Å². The van der Waals surface area contributed by atoms with E-state index >= 15 is 0 Å². The summed E-state index contributed by atoms with van der Waals surface area (Å²) in [6.07, 6.45) is 1.03. The fraction of sp³-hybridized carbons (Fsp3) is 0.261. The van der Waals surface area contributed by atoms with Gasteiger partial charge in [0.1, 0.15) is 11.6 Å². The summed E-state index contributed by atoms with van der Waals surface area (Å²) in [4.78, 5) is 32.9. The lowest BCUT2D eigenvalue weighted by atomic mass is 9.86. The number of rotatable bonds is 7. The summed E-state index contributed by atoms with van der Waals surface area (Å²) in [5.41, 5.74) is 2.04. The van der Waals surface area contributed by atoms with Crippen molar-refractivity contribution in [3.05, 3.63) is 80.6 Å². The molecular formula is C23H22ClN3O3S. The molecule has 0 saturated carbocycles. The number of carbonyl (C=O) groups excluding carboxylic acids is 1. The van der Waals surface area contributed by atoms with Crippen molar-refractivity contribution in [2.75, 3.05) is 11.9 Å². The standard InChI is InChI=1S/C23H22ClN3O3S/c1-2-10-30-18-9-4-3-8-16(18)17-12-19(28)25-21-20(17)22(29)27-23(26-21)31-13-14-6-5-7-15(24)11-14/h3-9,11,17H,2,10,12-13H2,1H3,(H2,25,26,27,28,29). The first-order valence-corrected chi connectivity index (χ1v) is 11.4. The molecule has 0 saturated heterocycles. The number of hydrogen-bond acceptors (Lipinski definition) is 5. The summed E-state index contributed by atoms with van der Waals surface area (Å²) in [5.74, 6) is 0.997. The Morgan fingerprint density at radius 2 is 2.03 bits per heavy atom. The second-order valence-electron chi connectivity index (χ2n) is 7.24. The molecule has 6 nitrogen and oxygen atoms in total. The zero-order valence-electron chi connectivity index (χ0n) is 17.0. The first kappa shape index (κ1) is 21.5. The Balaban J connectivity index is 1.66. The average Bonchev–Trinajstić information content (AvgIpc) is 2.75. The molecule has 3 aromatic rings. The van der Waals surface area contributed by atoms with Gasteiger partial charge in [-0.3, -0.25) is 9.59 Å². The number of H-pyrrole nitrogens is 1. The summed E-state index contributed by atoms with van der Waals surface area (Å²) >= 11 is 7.42. The van der Waals surface area contributed by atoms with Crippen molar-refractivity contribution >= 4 is 35.1 Å². The first-order valence-electron chi connectivity index (χ1n) is 10.1. The molecule has 0 spiro atoms. The van der Waals surface area contributed by atoms with Crippen LogP contribution in [0.25, 0.3) is 0 Å². The predicted octanol–water partition coefficient (Wildman–Crippen LogP) is 4.98. The van der Waals surface area contributed by atoms with Crippen molar-refractivity contribution in [2.24, 2.45) is 0 Å². The number of nitrogens with zero attached hydrogens (tertiary/aromatic N) is 1. The van der Waals surface area contributed by atoms with Crippen molar-refractivity contribution < 1.29 is 9.53 Å². The van der Waals surface area contributed by atoms with E-state index in [2.05, 4.69) is 15.3 Å². The van der Waals surface area contributed by atoms with Gasteiger partial charge in [-0.2, -0.15) is 0 Å². The van der Waals surface area contributed by atoms with Crippen LogP contribution >= 0.6 is 23.4 Å². The van der Waals surface area contributed by atoms with Crippen LogP contribution in [0.3, 0.4) is 0 Å². The quantitative estimate of drug-likeness (QED) is 0.387. The number of hydrogen-bond donors (Lipinski definition) is 2. The van der Waals surface area contributed by atoms with E-state index in [0.717, 1.165) is 17.5 Å². The van der Waals surface area contributed by atoms with Crippen molar-refractivity contribution in [3.63, 3.8) is 0 Å². The molecule has 0 aliphatic carbocycles.